The lowest BCUT2D eigenvalue weighted by atomic mass is 10.3. The first-order valence-electron chi connectivity index (χ1n) is 9.63. The van der Waals surface area contributed by atoms with Crippen molar-refractivity contribution in [3.63, 3.8) is 0 Å². The van der Waals surface area contributed by atoms with Crippen LogP contribution in [-0.4, -0.2) is 90.4 Å². The summed E-state index contributed by atoms with van der Waals surface area (Å²) < 4.78 is 14.5. The number of nitrogens with one attached hydrogen (secondary N) is 1. The zero-order chi connectivity index (χ0) is 21.0. The molecule has 1 aliphatic rings. The second kappa shape index (κ2) is 13.8. The van der Waals surface area contributed by atoms with Gasteiger partial charge in [-0.05, 0) is 37.4 Å². The molecule has 0 heterocycles. The molecule has 0 aromatic heterocycles. The molecule has 0 aromatic carbocycles. The molecule has 3 N–H and O–H groups in total. The van der Waals surface area contributed by atoms with E-state index in [1.165, 1.54) is 11.1 Å². The average molecular weight is 452 g/mol. The molecule has 1 amide bonds. The Bertz CT molecular complexity index is 567. The van der Waals surface area contributed by atoms with Gasteiger partial charge in [-0.15, -0.1) is 0 Å². The van der Waals surface area contributed by atoms with E-state index in [-0.39, 0.29) is 31.4 Å². The highest BCUT2D eigenvalue weighted by Crippen LogP contribution is 2.48. The van der Waals surface area contributed by atoms with Crippen molar-refractivity contribution in [2.75, 3.05) is 58.5 Å². The highest BCUT2D eigenvalue weighted by Gasteiger charge is 2.26. The predicted molar refractivity (Wildman–Crippen MR) is 121 cm³/mol. The van der Waals surface area contributed by atoms with Gasteiger partial charge in [0, 0.05) is 50.6 Å². The van der Waals surface area contributed by atoms with Crippen LogP contribution in [0.1, 0.15) is 25.7 Å². The van der Waals surface area contributed by atoms with Gasteiger partial charge >= 0.3 is 0 Å². The zero-order valence-corrected chi connectivity index (χ0v) is 19.4. The number of rotatable bonds is 17. The van der Waals surface area contributed by atoms with Gasteiger partial charge in [0.25, 0.3) is 0 Å². The van der Waals surface area contributed by atoms with Crippen molar-refractivity contribution in [1.29, 1.82) is 5.41 Å². The maximum Gasteiger partial charge on any atom is 0.222 e. The Balaban J connectivity index is 2.14. The molecule has 0 saturated heterocycles. The van der Waals surface area contributed by atoms with Crippen LogP contribution in [0.25, 0.3) is 0 Å². The van der Waals surface area contributed by atoms with E-state index in [1.807, 2.05) is 0 Å². The normalized spacial score (nSPS) is 16.2. The third-order valence-corrected chi connectivity index (χ3v) is 10.6. The molecule has 28 heavy (non-hydrogen) atoms. The highest BCUT2D eigenvalue weighted by molar-refractivity contribution is 8.78. The smallest absolute Gasteiger partial charge is 0.222 e. The number of hydrogen-bond acceptors (Lipinski definition) is 7. The molecule has 1 aliphatic carbocycles. The maximum atomic E-state index is 12.7. The van der Waals surface area contributed by atoms with E-state index in [0.29, 0.717) is 31.8 Å². The molecule has 7 nitrogen and oxygen atoms in total. The number of carbonyl (C=O) groups excluding carboxylic acids is 1. The molecule has 0 fully saturated rings. The van der Waals surface area contributed by atoms with Crippen LogP contribution in [0.3, 0.4) is 0 Å². The first kappa shape index (κ1) is 25.7. The summed E-state index contributed by atoms with van der Waals surface area (Å²) in [4.78, 5) is 15.3. The molecule has 162 valence electrons. The second-order valence-electron chi connectivity index (χ2n) is 6.92. The Hall–Kier alpha value is -0.310. The van der Waals surface area contributed by atoms with Crippen LogP contribution < -0.4 is 0 Å². The molecule has 1 unspecified atom stereocenters. The van der Waals surface area contributed by atoms with Crippen LogP contribution in [0.5, 0.6) is 0 Å². The quantitative estimate of drug-likeness (QED) is 0.135. The summed E-state index contributed by atoms with van der Waals surface area (Å²) in [6.07, 6.45) is 6.87. The molecule has 0 saturated carbocycles. The Labute approximate surface area is 176 Å². The molecule has 0 spiro atoms. The Morgan fingerprint density at radius 2 is 1.93 bits per heavy atom. The fourth-order valence-electron chi connectivity index (χ4n) is 2.74. The van der Waals surface area contributed by atoms with E-state index < -0.39 is 7.29 Å². The van der Waals surface area contributed by atoms with Gasteiger partial charge in [-0.3, -0.25) is 9.46 Å². The van der Waals surface area contributed by atoms with E-state index >= 15 is 0 Å². The van der Waals surface area contributed by atoms with Gasteiger partial charge in [-0.25, -0.2) is 0 Å². The molecule has 0 bridgehead atoms. The Morgan fingerprint density at radius 3 is 2.54 bits per heavy atom. The first-order valence-corrected chi connectivity index (χ1v) is 14.0. The van der Waals surface area contributed by atoms with Gasteiger partial charge in [-0.1, -0.05) is 27.7 Å². The fraction of sp³-hybridized carbons (Fsp3) is 0.778. The van der Waals surface area contributed by atoms with Crippen LogP contribution in [0.2, 0.25) is 0 Å². The van der Waals surface area contributed by atoms with E-state index in [4.69, 9.17) is 15.6 Å². The van der Waals surface area contributed by atoms with Crippen LogP contribution in [0, 0.1) is 11.3 Å². The van der Waals surface area contributed by atoms with Crippen LogP contribution >= 0.6 is 28.9 Å². The van der Waals surface area contributed by atoms with Crippen LogP contribution in [-0.2, 0) is 9.36 Å². The van der Waals surface area contributed by atoms with Crippen molar-refractivity contribution < 1.29 is 19.6 Å². The van der Waals surface area contributed by atoms with Gasteiger partial charge < -0.3 is 25.1 Å². The largest absolute Gasteiger partial charge is 0.396 e. The first-order chi connectivity index (χ1) is 13.4. The van der Waals surface area contributed by atoms with Gasteiger partial charge in [0.2, 0.25) is 5.91 Å². The van der Waals surface area contributed by atoms with Crippen LogP contribution in [0.4, 0.5) is 0 Å². The summed E-state index contributed by atoms with van der Waals surface area (Å²) in [5.74, 6) is 1.52. The molecule has 1 atom stereocenters. The van der Waals surface area contributed by atoms with E-state index in [9.17, 15) is 9.36 Å². The summed E-state index contributed by atoms with van der Waals surface area (Å²) in [5, 5.41) is 25.3. The summed E-state index contributed by atoms with van der Waals surface area (Å²) in [6.45, 7) is 0.850. The van der Waals surface area contributed by atoms with Crippen molar-refractivity contribution >= 4 is 41.0 Å². The molecule has 0 aliphatic heterocycles. The number of amides is 1. The fourth-order valence-corrected chi connectivity index (χ4v) is 7.25. The molecule has 10 heteroatoms. The third-order valence-electron chi connectivity index (χ3n) is 4.69. The number of nitrogens with zero attached hydrogens (tertiary/aromatic N) is 2. The summed E-state index contributed by atoms with van der Waals surface area (Å²) in [7, 11) is 4.35. The van der Waals surface area contributed by atoms with E-state index in [0.717, 1.165) is 18.6 Å². The van der Waals surface area contributed by atoms with Gasteiger partial charge in [0.05, 0.1) is 13.2 Å². The highest BCUT2D eigenvalue weighted by atomic mass is 33.1. The molecular weight excluding hydrogens is 417 g/mol. The SMILES string of the molecule is CN(CCCN(C)P(=O)(CCO)CCO)C(=O)CCCSSC1=CC1CC=N. The maximum absolute atomic E-state index is 12.7. The Morgan fingerprint density at radius 1 is 1.25 bits per heavy atom. The van der Waals surface area contributed by atoms with Gasteiger partial charge in [-0.2, -0.15) is 0 Å². The number of carbonyl (C=O) groups is 1. The number of allylic oxidation sites excluding steroid dienone is 2. The lowest BCUT2D eigenvalue weighted by Gasteiger charge is -2.28. The lowest BCUT2D eigenvalue weighted by molar-refractivity contribution is -0.129. The lowest BCUT2D eigenvalue weighted by Crippen LogP contribution is -2.30. The van der Waals surface area contributed by atoms with Crippen molar-refractivity contribution in [1.82, 2.24) is 9.57 Å². The molecule has 1 rings (SSSR count). The van der Waals surface area contributed by atoms with Gasteiger partial charge in [0.15, 0.2) is 7.29 Å². The van der Waals surface area contributed by atoms with Crippen molar-refractivity contribution in [3.8, 4) is 0 Å². The number of aliphatic hydroxyl groups excluding tert-OH is 2. The second-order valence-corrected chi connectivity index (χ2v) is 12.7. The van der Waals surface area contributed by atoms with Gasteiger partial charge in [0.1, 0.15) is 0 Å². The van der Waals surface area contributed by atoms with Crippen LogP contribution in [0.15, 0.2) is 11.0 Å². The summed E-state index contributed by atoms with van der Waals surface area (Å²) >= 11 is 0. The number of hydrogen-bond donors (Lipinski definition) is 3. The molecule has 0 radical (unpaired) electrons. The summed E-state index contributed by atoms with van der Waals surface area (Å²) in [6, 6.07) is 0. The molecular formula is C18H34N3O4PS2. The van der Waals surface area contributed by atoms with Crippen molar-refractivity contribution in [2.24, 2.45) is 5.92 Å². The van der Waals surface area contributed by atoms with E-state index in [2.05, 4.69) is 6.08 Å². The minimum atomic E-state index is -2.72. The minimum Gasteiger partial charge on any atom is -0.396 e. The standard InChI is InChI=1S/C18H34N3O4PS2/c1-20(8-4-9-21(2)26(25,12-10-22)13-11-23)18(24)5-3-14-27-28-17-15-16(17)6-7-19/h7,15-16,19,22-23H,3-6,8-14H2,1-2H3. The zero-order valence-electron chi connectivity index (χ0n) is 16.9. The van der Waals surface area contributed by atoms with E-state index in [1.54, 1.807) is 45.3 Å². The Kier molecular flexibility index (Phi) is 12.7. The monoisotopic (exact) mass is 451 g/mol. The van der Waals surface area contributed by atoms with Crippen molar-refractivity contribution in [2.45, 2.75) is 25.7 Å². The summed E-state index contributed by atoms with van der Waals surface area (Å²) in [5.41, 5.74) is 0. The minimum absolute atomic E-state index is 0.120. The third kappa shape index (κ3) is 9.46. The number of aliphatic hydroxyl groups is 2. The molecule has 0 aromatic rings. The van der Waals surface area contributed by atoms with Crippen molar-refractivity contribution in [3.05, 3.63) is 11.0 Å². The topological polar surface area (TPSA) is 105 Å². The average Bonchev–Trinajstić information content (AvgIpc) is 3.39. The predicted octanol–water partition coefficient (Wildman–Crippen LogP) is 2.74.